The molecule has 1 heterocycles. The van der Waals surface area contributed by atoms with Crippen LogP contribution in [0.5, 0.6) is 5.75 Å². The van der Waals surface area contributed by atoms with Crippen molar-refractivity contribution in [3.63, 3.8) is 0 Å². The highest BCUT2D eigenvalue weighted by atomic mass is 79.9. The Morgan fingerprint density at radius 1 is 1.20 bits per heavy atom. The second-order valence-corrected chi connectivity index (χ2v) is 7.70. The van der Waals surface area contributed by atoms with Crippen molar-refractivity contribution in [2.24, 2.45) is 17.8 Å². The molecule has 0 radical (unpaired) electrons. The van der Waals surface area contributed by atoms with Crippen LogP contribution in [0, 0.1) is 17.8 Å². The molecule has 0 saturated heterocycles. The van der Waals surface area contributed by atoms with E-state index in [2.05, 4.69) is 39.4 Å². The lowest BCUT2D eigenvalue weighted by Gasteiger charge is -2.22. The number of halogens is 1. The lowest BCUT2D eigenvalue weighted by Crippen LogP contribution is -2.34. The van der Waals surface area contributed by atoms with Gasteiger partial charge < -0.3 is 10.1 Å². The molecule has 4 atom stereocenters. The SMILES string of the molecule is Brc1ccc2c(c1)CC(CNCC1CC3CCC1C3)O2. The van der Waals surface area contributed by atoms with Gasteiger partial charge in [0.1, 0.15) is 11.9 Å². The zero-order valence-corrected chi connectivity index (χ0v) is 13.4. The molecule has 1 N–H and O–H groups in total. The van der Waals surface area contributed by atoms with Gasteiger partial charge in [0.2, 0.25) is 0 Å². The van der Waals surface area contributed by atoms with Gasteiger partial charge in [0.15, 0.2) is 0 Å². The quantitative estimate of drug-likeness (QED) is 0.904. The van der Waals surface area contributed by atoms with Gasteiger partial charge in [0.05, 0.1) is 0 Å². The van der Waals surface area contributed by atoms with Crippen molar-refractivity contribution in [3.05, 3.63) is 28.2 Å². The van der Waals surface area contributed by atoms with Crippen LogP contribution < -0.4 is 10.1 Å². The fraction of sp³-hybridized carbons (Fsp3) is 0.647. The Hall–Kier alpha value is -0.540. The van der Waals surface area contributed by atoms with Gasteiger partial charge in [0, 0.05) is 17.4 Å². The van der Waals surface area contributed by atoms with E-state index in [0.717, 1.165) is 40.9 Å². The summed E-state index contributed by atoms with van der Waals surface area (Å²) in [6.07, 6.45) is 7.31. The van der Waals surface area contributed by atoms with Crippen LogP contribution in [0.3, 0.4) is 0 Å². The zero-order valence-electron chi connectivity index (χ0n) is 11.8. The van der Waals surface area contributed by atoms with Crippen LogP contribution in [-0.4, -0.2) is 19.2 Å². The Kier molecular flexibility index (Phi) is 3.51. The van der Waals surface area contributed by atoms with Crippen molar-refractivity contribution in [2.75, 3.05) is 13.1 Å². The number of ether oxygens (including phenoxy) is 1. The highest BCUT2D eigenvalue weighted by molar-refractivity contribution is 9.10. The molecule has 4 unspecified atom stereocenters. The summed E-state index contributed by atoms with van der Waals surface area (Å²) in [6.45, 7) is 2.18. The molecule has 1 aromatic rings. The van der Waals surface area contributed by atoms with Crippen molar-refractivity contribution in [1.82, 2.24) is 5.32 Å². The second-order valence-electron chi connectivity index (χ2n) is 6.79. The second kappa shape index (κ2) is 5.34. The van der Waals surface area contributed by atoms with Gasteiger partial charge in [-0.05, 0) is 67.3 Å². The molecule has 2 bridgehead atoms. The first kappa shape index (κ1) is 13.1. The number of benzene rings is 1. The van der Waals surface area contributed by atoms with Gasteiger partial charge >= 0.3 is 0 Å². The van der Waals surface area contributed by atoms with Crippen LogP contribution in [0.25, 0.3) is 0 Å². The van der Waals surface area contributed by atoms with Crippen molar-refractivity contribution in [3.8, 4) is 5.75 Å². The van der Waals surface area contributed by atoms with E-state index in [-0.39, 0.29) is 0 Å². The molecule has 20 heavy (non-hydrogen) atoms. The summed E-state index contributed by atoms with van der Waals surface area (Å²) in [6, 6.07) is 6.32. The first-order valence-corrected chi connectivity index (χ1v) is 8.73. The smallest absolute Gasteiger partial charge is 0.123 e. The molecule has 3 aliphatic rings. The maximum absolute atomic E-state index is 6.01. The zero-order chi connectivity index (χ0) is 13.5. The van der Waals surface area contributed by atoms with Crippen molar-refractivity contribution < 1.29 is 4.74 Å². The highest BCUT2D eigenvalue weighted by Crippen LogP contribution is 2.47. The van der Waals surface area contributed by atoms with E-state index in [0.29, 0.717) is 6.10 Å². The van der Waals surface area contributed by atoms with E-state index in [1.807, 2.05) is 0 Å². The summed E-state index contributed by atoms with van der Waals surface area (Å²) in [7, 11) is 0. The van der Waals surface area contributed by atoms with Gasteiger partial charge in [-0.15, -0.1) is 0 Å². The first-order valence-electron chi connectivity index (χ1n) is 7.94. The molecule has 2 fully saturated rings. The summed E-state index contributed by atoms with van der Waals surface area (Å²) in [5.74, 6) is 4.08. The fourth-order valence-corrected chi connectivity index (χ4v) is 4.87. The Labute approximate surface area is 129 Å². The molecule has 0 aromatic heterocycles. The largest absolute Gasteiger partial charge is 0.488 e. The number of rotatable bonds is 4. The average Bonchev–Trinajstić information content (AvgIpc) is 3.12. The molecule has 3 heteroatoms. The molecular formula is C17H22BrNO. The summed E-state index contributed by atoms with van der Waals surface area (Å²) in [5.41, 5.74) is 1.34. The minimum Gasteiger partial charge on any atom is -0.488 e. The van der Waals surface area contributed by atoms with Crippen LogP contribution in [0.15, 0.2) is 22.7 Å². The molecule has 1 aliphatic heterocycles. The van der Waals surface area contributed by atoms with Crippen LogP contribution in [-0.2, 0) is 6.42 Å². The maximum atomic E-state index is 6.01. The molecule has 2 nitrogen and oxygen atoms in total. The van der Waals surface area contributed by atoms with E-state index in [9.17, 15) is 0 Å². The van der Waals surface area contributed by atoms with Crippen LogP contribution in [0.2, 0.25) is 0 Å². The van der Waals surface area contributed by atoms with Gasteiger partial charge in [-0.1, -0.05) is 22.4 Å². The lowest BCUT2D eigenvalue weighted by atomic mass is 9.89. The highest BCUT2D eigenvalue weighted by Gasteiger charge is 2.39. The third-order valence-electron chi connectivity index (χ3n) is 5.43. The fourth-order valence-electron chi connectivity index (χ4n) is 4.46. The van der Waals surface area contributed by atoms with Gasteiger partial charge in [-0.2, -0.15) is 0 Å². The maximum Gasteiger partial charge on any atom is 0.123 e. The molecule has 0 spiro atoms. The minimum absolute atomic E-state index is 0.317. The summed E-state index contributed by atoms with van der Waals surface area (Å²) >= 11 is 3.53. The third-order valence-corrected chi connectivity index (χ3v) is 5.92. The van der Waals surface area contributed by atoms with E-state index in [4.69, 9.17) is 4.74 Å². The van der Waals surface area contributed by atoms with Crippen molar-refractivity contribution >= 4 is 15.9 Å². The lowest BCUT2D eigenvalue weighted by molar-refractivity contribution is 0.218. The number of fused-ring (bicyclic) bond motifs is 3. The number of hydrogen-bond donors (Lipinski definition) is 1. The predicted molar refractivity (Wildman–Crippen MR) is 84.1 cm³/mol. The molecular weight excluding hydrogens is 314 g/mol. The van der Waals surface area contributed by atoms with Crippen LogP contribution in [0.4, 0.5) is 0 Å². The van der Waals surface area contributed by atoms with Gasteiger partial charge in [0.25, 0.3) is 0 Å². The summed E-state index contributed by atoms with van der Waals surface area (Å²) < 4.78 is 7.15. The van der Waals surface area contributed by atoms with Crippen molar-refractivity contribution in [1.29, 1.82) is 0 Å². The van der Waals surface area contributed by atoms with Gasteiger partial charge in [-0.25, -0.2) is 0 Å². The van der Waals surface area contributed by atoms with Gasteiger partial charge in [-0.3, -0.25) is 0 Å². The average molecular weight is 336 g/mol. The summed E-state index contributed by atoms with van der Waals surface area (Å²) in [4.78, 5) is 0. The van der Waals surface area contributed by atoms with E-state index in [1.54, 1.807) is 0 Å². The Morgan fingerprint density at radius 2 is 2.15 bits per heavy atom. The number of hydrogen-bond acceptors (Lipinski definition) is 2. The standard InChI is InChI=1S/C17H22BrNO/c18-15-3-4-17-13(7-15)8-16(20-17)10-19-9-14-6-11-1-2-12(14)5-11/h3-4,7,11-12,14,16,19H,1-2,5-6,8-10H2. The molecule has 4 rings (SSSR count). The van der Waals surface area contributed by atoms with Crippen LogP contribution >= 0.6 is 15.9 Å². The summed E-state index contributed by atoms with van der Waals surface area (Å²) in [5, 5.41) is 3.67. The van der Waals surface area contributed by atoms with E-state index >= 15 is 0 Å². The van der Waals surface area contributed by atoms with Crippen LogP contribution in [0.1, 0.15) is 31.2 Å². The molecule has 1 aromatic carbocycles. The molecule has 0 amide bonds. The topological polar surface area (TPSA) is 21.3 Å². The molecule has 2 aliphatic carbocycles. The minimum atomic E-state index is 0.317. The third kappa shape index (κ3) is 2.50. The van der Waals surface area contributed by atoms with Crippen molar-refractivity contribution in [2.45, 2.75) is 38.2 Å². The van der Waals surface area contributed by atoms with E-state index < -0.39 is 0 Å². The monoisotopic (exact) mass is 335 g/mol. The molecule has 108 valence electrons. The Morgan fingerprint density at radius 3 is 2.95 bits per heavy atom. The first-order chi connectivity index (χ1) is 9.78. The Balaban J connectivity index is 1.26. The molecule has 2 saturated carbocycles. The normalized spacial score (nSPS) is 34.2. The Bertz CT molecular complexity index is 504. The van der Waals surface area contributed by atoms with E-state index in [1.165, 1.54) is 37.8 Å². The predicted octanol–water partition coefficient (Wildman–Crippen LogP) is 3.78. The number of nitrogens with one attached hydrogen (secondary N) is 1.